The van der Waals surface area contributed by atoms with Gasteiger partial charge in [-0.25, -0.2) is 0 Å². The fourth-order valence-electron chi connectivity index (χ4n) is 2.21. The number of aromatic nitrogens is 2. The van der Waals surface area contributed by atoms with Crippen LogP contribution in [0, 0.1) is 0 Å². The Morgan fingerprint density at radius 3 is 1.74 bits per heavy atom. The number of rotatable bonds is 4. The first kappa shape index (κ1) is 15.2. The van der Waals surface area contributed by atoms with Crippen LogP contribution < -0.4 is 14.9 Å². The summed E-state index contributed by atoms with van der Waals surface area (Å²) in [7, 11) is 3.17. The van der Waals surface area contributed by atoms with Gasteiger partial charge >= 0.3 is 0 Å². The topological polar surface area (TPSA) is 61.3 Å². The van der Waals surface area contributed by atoms with Gasteiger partial charge in [-0.2, -0.15) is 8.75 Å². The molecule has 3 rings (SSSR count). The molecule has 1 aromatic heterocycles. The fourth-order valence-corrected chi connectivity index (χ4v) is 2.79. The van der Waals surface area contributed by atoms with E-state index in [-0.39, 0.29) is 5.43 Å². The number of benzene rings is 2. The Morgan fingerprint density at radius 2 is 1.30 bits per heavy atom. The zero-order valence-electron chi connectivity index (χ0n) is 12.6. The van der Waals surface area contributed by atoms with Gasteiger partial charge in [0.05, 0.1) is 25.9 Å². The molecule has 2 aromatic carbocycles. The number of ether oxygens (including phenoxy) is 2. The molecular formula is C17H14N2O3S. The highest BCUT2D eigenvalue weighted by Crippen LogP contribution is 2.24. The predicted molar refractivity (Wildman–Crippen MR) is 90.2 cm³/mol. The van der Waals surface area contributed by atoms with Gasteiger partial charge in [0.2, 0.25) is 5.43 Å². The van der Waals surface area contributed by atoms with Crippen molar-refractivity contribution in [2.75, 3.05) is 14.2 Å². The number of methoxy groups -OCH3 is 2. The summed E-state index contributed by atoms with van der Waals surface area (Å²) in [6.45, 7) is 0. The van der Waals surface area contributed by atoms with Crippen molar-refractivity contribution in [3.05, 3.63) is 58.8 Å². The first-order chi connectivity index (χ1) is 11.2. The van der Waals surface area contributed by atoms with Crippen molar-refractivity contribution in [2.24, 2.45) is 0 Å². The summed E-state index contributed by atoms with van der Waals surface area (Å²) in [5.41, 5.74) is 1.92. The molecule has 0 atom stereocenters. The third kappa shape index (κ3) is 3.07. The lowest BCUT2D eigenvalue weighted by atomic mass is 10.1. The standard InChI is InChI=1S/C17H14N2O3S/c1-21-13-7-3-5-11(9-13)15-17(20)16(19-23-18-15)12-6-4-8-14(10-12)22-2/h3-10H,1-2H3. The lowest BCUT2D eigenvalue weighted by Crippen LogP contribution is -2.10. The number of hydrogen-bond donors (Lipinski definition) is 0. The predicted octanol–water partition coefficient (Wildman–Crippen LogP) is 3.25. The molecule has 5 nitrogen and oxygen atoms in total. The van der Waals surface area contributed by atoms with Gasteiger partial charge in [-0.3, -0.25) is 4.79 Å². The monoisotopic (exact) mass is 326 g/mol. The zero-order chi connectivity index (χ0) is 16.2. The Morgan fingerprint density at radius 1 is 0.826 bits per heavy atom. The Hall–Kier alpha value is -2.73. The summed E-state index contributed by atoms with van der Waals surface area (Å²) in [5.74, 6) is 1.35. The second-order valence-corrected chi connectivity index (χ2v) is 5.28. The van der Waals surface area contributed by atoms with Gasteiger partial charge in [0.15, 0.2) is 0 Å². The van der Waals surface area contributed by atoms with Crippen LogP contribution in [0.1, 0.15) is 0 Å². The quantitative estimate of drug-likeness (QED) is 0.736. The molecule has 23 heavy (non-hydrogen) atoms. The lowest BCUT2D eigenvalue weighted by molar-refractivity contribution is 0.415. The molecule has 0 fully saturated rings. The Bertz CT molecular complexity index is 824. The van der Waals surface area contributed by atoms with Crippen LogP contribution in [-0.4, -0.2) is 23.0 Å². The first-order valence-corrected chi connectivity index (χ1v) is 7.61. The van der Waals surface area contributed by atoms with Crippen LogP contribution in [0.5, 0.6) is 11.5 Å². The van der Waals surface area contributed by atoms with E-state index >= 15 is 0 Å². The molecule has 0 N–H and O–H groups in total. The minimum absolute atomic E-state index is 0.217. The van der Waals surface area contributed by atoms with Gasteiger partial charge < -0.3 is 9.47 Å². The van der Waals surface area contributed by atoms with E-state index in [0.29, 0.717) is 34.0 Å². The normalized spacial score (nSPS) is 10.3. The van der Waals surface area contributed by atoms with E-state index < -0.39 is 0 Å². The van der Waals surface area contributed by atoms with Crippen LogP contribution in [-0.2, 0) is 0 Å². The van der Waals surface area contributed by atoms with E-state index in [1.807, 2.05) is 36.4 Å². The summed E-state index contributed by atoms with van der Waals surface area (Å²) in [6.07, 6.45) is 0. The van der Waals surface area contributed by atoms with E-state index in [4.69, 9.17) is 9.47 Å². The van der Waals surface area contributed by atoms with Crippen molar-refractivity contribution < 1.29 is 9.47 Å². The maximum Gasteiger partial charge on any atom is 0.233 e. The number of hydrogen-bond acceptors (Lipinski definition) is 6. The summed E-state index contributed by atoms with van der Waals surface area (Å²) in [5, 5.41) is 0. The molecule has 0 bridgehead atoms. The molecular weight excluding hydrogens is 312 g/mol. The average Bonchev–Trinajstić information content (AvgIpc) is 2.62. The van der Waals surface area contributed by atoms with Gasteiger partial charge in [0, 0.05) is 11.1 Å². The van der Waals surface area contributed by atoms with Gasteiger partial charge in [-0.05, 0) is 24.3 Å². The van der Waals surface area contributed by atoms with Crippen LogP contribution in [0.3, 0.4) is 0 Å². The second kappa shape index (κ2) is 6.58. The molecule has 6 heteroatoms. The van der Waals surface area contributed by atoms with Crippen molar-refractivity contribution >= 4 is 11.7 Å². The molecule has 0 spiro atoms. The summed E-state index contributed by atoms with van der Waals surface area (Å²) >= 11 is 1.00. The molecule has 0 radical (unpaired) electrons. The molecule has 0 aliphatic carbocycles. The van der Waals surface area contributed by atoms with Gasteiger partial charge in [0.25, 0.3) is 0 Å². The maximum atomic E-state index is 12.8. The van der Waals surface area contributed by atoms with E-state index in [9.17, 15) is 4.79 Å². The summed E-state index contributed by atoms with van der Waals surface area (Å²) < 4.78 is 18.8. The van der Waals surface area contributed by atoms with Crippen LogP contribution >= 0.6 is 11.7 Å². The van der Waals surface area contributed by atoms with Crippen LogP contribution in [0.15, 0.2) is 53.3 Å². The maximum absolute atomic E-state index is 12.8. The van der Waals surface area contributed by atoms with E-state index in [1.165, 1.54) is 0 Å². The molecule has 0 aliphatic rings. The molecule has 0 aliphatic heterocycles. The summed E-state index contributed by atoms with van der Waals surface area (Å²) in [4.78, 5) is 12.8. The smallest absolute Gasteiger partial charge is 0.233 e. The highest BCUT2D eigenvalue weighted by Gasteiger charge is 2.13. The highest BCUT2D eigenvalue weighted by molar-refractivity contribution is 6.99. The van der Waals surface area contributed by atoms with Crippen molar-refractivity contribution in [3.63, 3.8) is 0 Å². The molecule has 0 amide bonds. The summed E-state index contributed by atoms with van der Waals surface area (Å²) in [6, 6.07) is 14.5. The van der Waals surface area contributed by atoms with Crippen molar-refractivity contribution in [1.82, 2.24) is 8.75 Å². The van der Waals surface area contributed by atoms with E-state index in [1.54, 1.807) is 26.4 Å². The minimum atomic E-state index is -0.217. The largest absolute Gasteiger partial charge is 0.497 e. The Labute approximate surface area is 137 Å². The van der Waals surface area contributed by atoms with E-state index in [2.05, 4.69) is 8.75 Å². The molecule has 116 valence electrons. The van der Waals surface area contributed by atoms with Gasteiger partial charge in [-0.1, -0.05) is 24.3 Å². The average molecular weight is 326 g/mol. The van der Waals surface area contributed by atoms with Gasteiger partial charge in [0.1, 0.15) is 22.9 Å². The molecule has 1 heterocycles. The third-order valence-electron chi connectivity index (χ3n) is 3.38. The highest BCUT2D eigenvalue weighted by atomic mass is 32.1. The van der Waals surface area contributed by atoms with E-state index in [0.717, 1.165) is 11.7 Å². The zero-order valence-corrected chi connectivity index (χ0v) is 13.5. The SMILES string of the molecule is COc1cccc(-c2nsnc(-c3cccc(OC)c3)c2=O)c1. The third-order valence-corrected chi connectivity index (χ3v) is 3.91. The van der Waals surface area contributed by atoms with Crippen molar-refractivity contribution in [2.45, 2.75) is 0 Å². The second-order valence-electron chi connectivity index (χ2n) is 4.75. The molecule has 3 aromatic rings. The van der Waals surface area contributed by atoms with Gasteiger partial charge in [-0.15, -0.1) is 0 Å². The Kier molecular flexibility index (Phi) is 4.34. The first-order valence-electron chi connectivity index (χ1n) is 6.88. The minimum Gasteiger partial charge on any atom is -0.497 e. The molecule has 0 unspecified atom stereocenters. The Balaban J connectivity index is 2.13. The fraction of sp³-hybridized carbons (Fsp3) is 0.118. The van der Waals surface area contributed by atoms with Crippen molar-refractivity contribution in [3.8, 4) is 34.0 Å². The lowest BCUT2D eigenvalue weighted by Gasteiger charge is -2.05. The molecule has 0 saturated heterocycles. The van der Waals surface area contributed by atoms with Crippen LogP contribution in [0.4, 0.5) is 0 Å². The van der Waals surface area contributed by atoms with Crippen LogP contribution in [0.2, 0.25) is 0 Å². The van der Waals surface area contributed by atoms with Crippen molar-refractivity contribution in [1.29, 1.82) is 0 Å². The van der Waals surface area contributed by atoms with Crippen LogP contribution in [0.25, 0.3) is 22.5 Å². The molecule has 0 saturated carbocycles. The number of nitrogens with zero attached hydrogens (tertiary/aromatic N) is 2.